The minimum atomic E-state index is -2.06. The summed E-state index contributed by atoms with van der Waals surface area (Å²) in [7, 11) is -2.06. The van der Waals surface area contributed by atoms with Gasteiger partial charge in [0.2, 0.25) is 8.32 Å². The number of carbonyl (C=O) groups excluding carboxylic acids is 1. The highest BCUT2D eigenvalue weighted by Crippen LogP contribution is 2.27. The van der Waals surface area contributed by atoms with E-state index in [1.807, 2.05) is 25.1 Å². The van der Waals surface area contributed by atoms with Crippen LogP contribution in [0.2, 0.25) is 13.1 Å². The zero-order valence-corrected chi connectivity index (χ0v) is 11.5. The second-order valence-electron chi connectivity index (χ2n) is 5.10. The van der Waals surface area contributed by atoms with Crippen LogP contribution < -0.4 is 5.19 Å². The van der Waals surface area contributed by atoms with Gasteiger partial charge in [-0.25, -0.2) is 4.79 Å². The summed E-state index contributed by atoms with van der Waals surface area (Å²) in [5.41, 5.74) is -0.758. The van der Waals surface area contributed by atoms with Gasteiger partial charge in [0, 0.05) is 6.42 Å². The topological polar surface area (TPSA) is 35.5 Å². The molecular formula is C13H18O3Si. The average Bonchev–Trinajstić information content (AvgIpc) is 2.59. The predicted octanol–water partition coefficient (Wildman–Crippen LogP) is 1.82. The third kappa shape index (κ3) is 2.42. The first kappa shape index (κ1) is 12.3. The van der Waals surface area contributed by atoms with E-state index in [-0.39, 0.29) is 5.97 Å². The molecule has 1 atom stereocenters. The van der Waals surface area contributed by atoms with Gasteiger partial charge in [0.05, 0.1) is 6.61 Å². The average molecular weight is 250 g/mol. The van der Waals surface area contributed by atoms with E-state index >= 15 is 0 Å². The number of hydrogen-bond acceptors (Lipinski definition) is 3. The van der Waals surface area contributed by atoms with Gasteiger partial charge in [0.15, 0.2) is 5.60 Å². The molecule has 1 fully saturated rings. The number of hydrogen-bond donors (Lipinski definition) is 0. The van der Waals surface area contributed by atoms with Crippen molar-refractivity contribution in [3.05, 3.63) is 30.3 Å². The van der Waals surface area contributed by atoms with E-state index < -0.39 is 13.9 Å². The van der Waals surface area contributed by atoms with Crippen LogP contribution in [0.15, 0.2) is 30.3 Å². The minimum Gasteiger partial charge on any atom is -0.463 e. The van der Waals surface area contributed by atoms with Crippen molar-refractivity contribution in [2.75, 3.05) is 6.61 Å². The minimum absolute atomic E-state index is 0.228. The predicted molar refractivity (Wildman–Crippen MR) is 68.6 cm³/mol. The van der Waals surface area contributed by atoms with Crippen LogP contribution in [0.4, 0.5) is 0 Å². The zero-order valence-electron chi connectivity index (χ0n) is 10.5. The molecule has 0 aromatic heterocycles. The van der Waals surface area contributed by atoms with E-state index in [2.05, 4.69) is 25.2 Å². The summed E-state index contributed by atoms with van der Waals surface area (Å²) in [6.07, 6.45) is 0.648. The van der Waals surface area contributed by atoms with E-state index in [9.17, 15) is 4.79 Å². The lowest BCUT2D eigenvalue weighted by Crippen LogP contribution is -2.52. The van der Waals surface area contributed by atoms with Crippen molar-refractivity contribution in [2.24, 2.45) is 0 Å². The fraction of sp³-hybridized carbons (Fsp3) is 0.462. The molecule has 2 rings (SSSR count). The van der Waals surface area contributed by atoms with Gasteiger partial charge in [0.1, 0.15) is 0 Å². The SMILES string of the molecule is C[C@@]1(O[Si](C)(C)c2ccccc2)CCOC1=O. The van der Waals surface area contributed by atoms with Gasteiger partial charge < -0.3 is 9.16 Å². The van der Waals surface area contributed by atoms with E-state index in [1.165, 1.54) is 5.19 Å². The fourth-order valence-corrected chi connectivity index (χ4v) is 4.57. The molecule has 0 bridgehead atoms. The molecule has 1 aromatic rings. The first-order valence-electron chi connectivity index (χ1n) is 5.87. The van der Waals surface area contributed by atoms with Crippen LogP contribution in [-0.4, -0.2) is 26.5 Å². The van der Waals surface area contributed by atoms with Crippen molar-refractivity contribution < 1.29 is 14.0 Å². The molecule has 1 saturated heterocycles. The van der Waals surface area contributed by atoms with Crippen molar-refractivity contribution in [1.82, 2.24) is 0 Å². The third-order valence-electron chi connectivity index (χ3n) is 3.19. The number of rotatable bonds is 3. The van der Waals surface area contributed by atoms with Crippen molar-refractivity contribution in [1.29, 1.82) is 0 Å². The van der Waals surface area contributed by atoms with Crippen LogP contribution in [0.1, 0.15) is 13.3 Å². The second kappa shape index (κ2) is 4.27. The Morgan fingerprint density at radius 1 is 1.29 bits per heavy atom. The Balaban J connectivity index is 2.20. The quantitative estimate of drug-likeness (QED) is 0.606. The van der Waals surface area contributed by atoms with Gasteiger partial charge in [-0.3, -0.25) is 0 Å². The second-order valence-corrected chi connectivity index (χ2v) is 8.90. The van der Waals surface area contributed by atoms with Crippen LogP contribution in [0.5, 0.6) is 0 Å². The smallest absolute Gasteiger partial charge is 0.337 e. The normalized spacial score (nSPS) is 24.8. The summed E-state index contributed by atoms with van der Waals surface area (Å²) in [5, 5.41) is 1.20. The lowest BCUT2D eigenvalue weighted by Gasteiger charge is -2.32. The molecule has 0 aliphatic carbocycles. The first-order valence-corrected chi connectivity index (χ1v) is 8.78. The Kier molecular flexibility index (Phi) is 3.10. The van der Waals surface area contributed by atoms with E-state index in [0.29, 0.717) is 13.0 Å². The maximum Gasteiger partial charge on any atom is 0.337 e. The molecule has 1 aliphatic heterocycles. The molecule has 0 spiro atoms. The summed E-state index contributed by atoms with van der Waals surface area (Å²) in [6, 6.07) is 10.1. The molecule has 92 valence electrons. The summed E-state index contributed by atoms with van der Waals surface area (Å²) >= 11 is 0. The molecule has 0 radical (unpaired) electrons. The van der Waals surface area contributed by atoms with E-state index in [1.54, 1.807) is 0 Å². The van der Waals surface area contributed by atoms with E-state index in [4.69, 9.17) is 9.16 Å². The van der Waals surface area contributed by atoms with Crippen molar-refractivity contribution >= 4 is 19.5 Å². The number of ether oxygens (including phenoxy) is 1. The van der Waals surface area contributed by atoms with Gasteiger partial charge in [-0.1, -0.05) is 30.3 Å². The third-order valence-corrected chi connectivity index (χ3v) is 5.88. The standard InChI is InChI=1S/C13H18O3Si/c1-13(9-10-15-12(13)14)16-17(2,3)11-7-5-4-6-8-11/h4-8H,9-10H2,1-3H3/t13-/m1/s1. The monoisotopic (exact) mass is 250 g/mol. The fourth-order valence-electron chi connectivity index (χ4n) is 2.15. The van der Waals surface area contributed by atoms with Gasteiger partial charge in [-0.2, -0.15) is 0 Å². The summed E-state index contributed by atoms with van der Waals surface area (Å²) in [4.78, 5) is 11.7. The highest BCUT2D eigenvalue weighted by atomic mass is 28.4. The largest absolute Gasteiger partial charge is 0.463 e. The molecule has 0 amide bonds. The summed E-state index contributed by atoms with van der Waals surface area (Å²) < 4.78 is 11.2. The zero-order chi connectivity index (χ0) is 12.5. The maximum absolute atomic E-state index is 11.7. The Labute approximate surface area is 103 Å². The molecule has 17 heavy (non-hydrogen) atoms. The number of cyclic esters (lactones) is 1. The van der Waals surface area contributed by atoms with Crippen LogP contribution in [0.25, 0.3) is 0 Å². The van der Waals surface area contributed by atoms with Crippen LogP contribution >= 0.6 is 0 Å². The molecule has 0 N–H and O–H groups in total. The van der Waals surface area contributed by atoms with Crippen LogP contribution in [-0.2, 0) is 14.0 Å². The van der Waals surface area contributed by atoms with Gasteiger partial charge >= 0.3 is 5.97 Å². The summed E-state index contributed by atoms with van der Waals surface area (Å²) in [6.45, 7) is 6.52. The molecule has 3 nitrogen and oxygen atoms in total. The molecule has 1 heterocycles. The number of carbonyl (C=O) groups is 1. The number of benzene rings is 1. The number of esters is 1. The Bertz CT molecular complexity index is 416. The van der Waals surface area contributed by atoms with Gasteiger partial charge in [0.25, 0.3) is 0 Å². The van der Waals surface area contributed by atoms with Crippen LogP contribution in [0, 0.1) is 0 Å². The highest BCUT2D eigenvalue weighted by Gasteiger charge is 2.45. The van der Waals surface area contributed by atoms with Gasteiger partial charge in [-0.15, -0.1) is 0 Å². The Morgan fingerprint density at radius 3 is 2.47 bits per heavy atom. The van der Waals surface area contributed by atoms with Gasteiger partial charge in [-0.05, 0) is 25.2 Å². The van der Waals surface area contributed by atoms with E-state index in [0.717, 1.165) is 0 Å². The summed E-state index contributed by atoms with van der Waals surface area (Å²) in [5.74, 6) is -0.228. The van der Waals surface area contributed by atoms with Crippen molar-refractivity contribution in [2.45, 2.75) is 32.0 Å². The van der Waals surface area contributed by atoms with Crippen molar-refractivity contribution in [3.63, 3.8) is 0 Å². The molecule has 1 aliphatic rings. The Morgan fingerprint density at radius 2 is 1.94 bits per heavy atom. The molecular weight excluding hydrogens is 232 g/mol. The van der Waals surface area contributed by atoms with Crippen molar-refractivity contribution in [3.8, 4) is 0 Å². The lowest BCUT2D eigenvalue weighted by molar-refractivity contribution is -0.150. The maximum atomic E-state index is 11.7. The lowest BCUT2D eigenvalue weighted by atomic mass is 10.1. The molecule has 0 unspecified atom stereocenters. The molecule has 1 aromatic carbocycles. The highest BCUT2D eigenvalue weighted by molar-refractivity contribution is 6.84. The van der Waals surface area contributed by atoms with Crippen LogP contribution in [0.3, 0.4) is 0 Å². The first-order chi connectivity index (χ1) is 7.94. The molecule has 4 heteroatoms. The molecule has 0 saturated carbocycles. The Hall–Kier alpha value is -1.13.